The molecule has 0 saturated heterocycles. The summed E-state index contributed by atoms with van der Waals surface area (Å²) < 4.78 is 7.72. The van der Waals surface area contributed by atoms with Crippen molar-refractivity contribution in [3.63, 3.8) is 0 Å². The molecule has 6 aromatic rings. The van der Waals surface area contributed by atoms with Crippen LogP contribution in [0.25, 0.3) is 33.5 Å². The maximum absolute atomic E-state index is 13.3. The normalized spacial score (nSPS) is 11.0. The number of fused-ring (bicyclic) bond motifs is 1. The zero-order chi connectivity index (χ0) is 28.2. The second-order valence-electron chi connectivity index (χ2n) is 9.21. The number of amides is 2. The Morgan fingerprint density at radius 1 is 0.854 bits per heavy atom. The van der Waals surface area contributed by atoms with E-state index in [4.69, 9.17) is 4.74 Å². The van der Waals surface area contributed by atoms with Gasteiger partial charge in [-0.2, -0.15) is 10.2 Å². The number of rotatable bonds is 8. The first-order valence-electron chi connectivity index (χ1n) is 13.1. The van der Waals surface area contributed by atoms with Gasteiger partial charge in [0.15, 0.2) is 0 Å². The van der Waals surface area contributed by atoms with Crippen molar-refractivity contribution in [1.82, 2.24) is 35.5 Å². The third-order valence-corrected chi connectivity index (χ3v) is 6.63. The topological polar surface area (TPSA) is 128 Å². The second kappa shape index (κ2) is 11.2. The van der Waals surface area contributed by atoms with E-state index in [0.717, 1.165) is 22.3 Å². The highest BCUT2D eigenvalue weighted by Gasteiger charge is 2.21. The van der Waals surface area contributed by atoms with Crippen molar-refractivity contribution in [1.29, 1.82) is 0 Å². The molecule has 0 spiro atoms. The molecule has 0 aliphatic carbocycles. The summed E-state index contributed by atoms with van der Waals surface area (Å²) in [7, 11) is 0. The molecule has 10 nitrogen and oxygen atoms in total. The second-order valence-corrected chi connectivity index (χ2v) is 9.21. The lowest BCUT2D eigenvalue weighted by Gasteiger charge is -2.13. The number of aromatic amines is 1. The fourth-order valence-corrected chi connectivity index (χ4v) is 4.74. The zero-order valence-electron chi connectivity index (χ0n) is 22.1. The molecule has 0 aliphatic rings. The first-order chi connectivity index (χ1) is 20.1. The largest absolute Gasteiger partial charge is 0.465 e. The maximum Gasteiger partial charge on any atom is 0.297 e. The van der Waals surface area contributed by atoms with Crippen molar-refractivity contribution in [2.45, 2.75) is 13.5 Å². The summed E-state index contributed by atoms with van der Waals surface area (Å²) in [5.41, 5.74) is 5.73. The Hall–Kier alpha value is -5.64. The van der Waals surface area contributed by atoms with Gasteiger partial charge < -0.3 is 4.74 Å². The highest BCUT2D eigenvalue weighted by Crippen LogP contribution is 2.31. The first-order valence-corrected chi connectivity index (χ1v) is 13.1. The molecule has 0 saturated carbocycles. The van der Waals surface area contributed by atoms with E-state index in [1.807, 2.05) is 72.2 Å². The average molecular weight is 544 g/mol. The smallest absolute Gasteiger partial charge is 0.297 e. The standard InChI is InChI=1S/C31H25N7O3/c1-2-41-31-32-26-14-8-13-25(30(40)33-29(39)22-9-4-3-5-10-22)27(26)38(31)19-20-15-17-21(18-16-20)23-11-6-7-12-24(23)28-34-36-37-35-28/h3-18H,2,19H2,1H3,(H,33,39,40)(H,34,35,36,37). The van der Waals surface area contributed by atoms with Gasteiger partial charge in [-0.15, -0.1) is 10.2 Å². The predicted molar refractivity (Wildman–Crippen MR) is 153 cm³/mol. The molecule has 2 heterocycles. The molecule has 4 aromatic carbocycles. The Labute approximate surface area is 235 Å². The summed E-state index contributed by atoms with van der Waals surface area (Å²) in [5, 5.41) is 16.9. The summed E-state index contributed by atoms with van der Waals surface area (Å²) in [5.74, 6) is -0.463. The highest BCUT2D eigenvalue weighted by molar-refractivity contribution is 6.14. The Kier molecular flexibility index (Phi) is 7.02. The van der Waals surface area contributed by atoms with E-state index in [0.29, 0.717) is 47.1 Å². The maximum atomic E-state index is 13.3. The van der Waals surface area contributed by atoms with Crippen LogP contribution in [-0.4, -0.2) is 48.6 Å². The number of carbonyl (C=O) groups is 2. The van der Waals surface area contributed by atoms with E-state index in [1.54, 1.807) is 36.4 Å². The molecule has 6 rings (SSSR count). The van der Waals surface area contributed by atoms with Crippen LogP contribution < -0.4 is 10.1 Å². The van der Waals surface area contributed by atoms with Crippen molar-refractivity contribution in [2.24, 2.45) is 0 Å². The van der Waals surface area contributed by atoms with Crippen molar-refractivity contribution < 1.29 is 14.3 Å². The number of hydrogen-bond acceptors (Lipinski definition) is 7. The number of imide groups is 1. The van der Waals surface area contributed by atoms with Crippen LogP contribution in [-0.2, 0) is 6.54 Å². The monoisotopic (exact) mass is 543 g/mol. The van der Waals surface area contributed by atoms with Crippen LogP contribution in [0.3, 0.4) is 0 Å². The molecule has 0 fully saturated rings. The number of carbonyl (C=O) groups excluding carboxylic acids is 2. The lowest BCUT2D eigenvalue weighted by Crippen LogP contribution is -2.30. The fraction of sp³-hybridized carbons (Fsp3) is 0.0968. The van der Waals surface area contributed by atoms with E-state index in [-0.39, 0.29) is 0 Å². The van der Waals surface area contributed by atoms with Crippen molar-refractivity contribution in [2.75, 3.05) is 6.61 Å². The van der Waals surface area contributed by atoms with Gasteiger partial charge in [0.25, 0.3) is 17.8 Å². The summed E-state index contributed by atoms with van der Waals surface area (Å²) in [6, 6.07) is 30.2. The molecule has 0 atom stereocenters. The van der Waals surface area contributed by atoms with Crippen LogP contribution in [0.4, 0.5) is 0 Å². The van der Waals surface area contributed by atoms with Gasteiger partial charge in [0.2, 0.25) is 5.82 Å². The molecule has 0 unspecified atom stereocenters. The van der Waals surface area contributed by atoms with Crippen LogP contribution >= 0.6 is 0 Å². The minimum absolute atomic E-state index is 0.330. The number of nitrogens with one attached hydrogen (secondary N) is 2. The van der Waals surface area contributed by atoms with Gasteiger partial charge in [-0.05, 0) is 53.1 Å². The first kappa shape index (κ1) is 25.6. The molecule has 2 N–H and O–H groups in total. The van der Waals surface area contributed by atoms with Crippen LogP contribution in [0.5, 0.6) is 6.01 Å². The quantitative estimate of drug-likeness (QED) is 0.261. The Bertz CT molecular complexity index is 1830. The number of H-pyrrole nitrogens is 1. The van der Waals surface area contributed by atoms with E-state index in [2.05, 4.69) is 30.9 Å². The molecule has 202 valence electrons. The van der Waals surface area contributed by atoms with Crippen LogP contribution in [0.15, 0.2) is 97.1 Å². The Morgan fingerprint density at radius 3 is 2.34 bits per heavy atom. The third kappa shape index (κ3) is 5.18. The van der Waals surface area contributed by atoms with Crippen molar-refractivity contribution >= 4 is 22.8 Å². The lowest BCUT2D eigenvalue weighted by molar-refractivity contribution is 0.0850. The SMILES string of the molecule is CCOc1nc2cccc(C(=O)NC(=O)c3ccccc3)c2n1Cc1ccc(-c2ccccc2-c2nn[nH]n2)cc1. The Balaban J connectivity index is 1.33. The molecular weight excluding hydrogens is 518 g/mol. The number of para-hydroxylation sites is 1. The summed E-state index contributed by atoms with van der Waals surface area (Å²) in [4.78, 5) is 30.7. The van der Waals surface area contributed by atoms with Gasteiger partial charge >= 0.3 is 0 Å². The van der Waals surface area contributed by atoms with Crippen molar-refractivity contribution in [3.05, 3.63) is 114 Å². The van der Waals surface area contributed by atoms with Crippen LogP contribution in [0, 0.1) is 0 Å². The van der Waals surface area contributed by atoms with Gasteiger partial charge in [-0.1, -0.05) is 72.8 Å². The molecular formula is C31H25N7O3. The van der Waals surface area contributed by atoms with Gasteiger partial charge in [-0.25, -0.2) is 0 Å². The zero-order valence-corrected chi connectivity index (χ0v) is 22.1. The molecule has 0 aliphatic heterocycles. The van der Waals surface area contributed by atoms with Crippen molar-refractivity contribution in [3.8, 4) is 28.5 Å². The van der Waals surface area contributed by atoms with Crippen LogP contribution in [0.2, 0.25) is 0 Å². The number of nitrogens with zero attached hydrogens (tertiary/aromatic N) is 5. The summed E-state index contributed by atoms with van der Waals surface area (Å²) in [6.07, 6.45) is 0. The van der Waals surface area contributed by atoms with E-state index < -0.39 is 11.8 Å². The van der Waals surface area contributed by atoms with Crippen LogP contribution in [0.1, 0.15) is 33.2 Å². The molecule has 0 radical (unpaired) electrons. The van der Waals surface area contributed by atoms with E-state index in [1.165, 1.54) is 0 Å². The average Bonchev–Trinajstić information content (AvgIpc) is 3.67. The fourth-order valence-electron chi connectivity index (χ4n) is 4.74. The minimum Gasteiger partial charge on any atom is -0.465 e. The number of hydrogen-bond donors (Lipinski definition) is 2. The number of imidazole rings is 1. The molecule has 2 aromatic heterocycles. The molecule has 41 heavy (non-hydrogen) atoms. The summed E-state index contributed by atoms with van der Waals surface area (Å²) in [6.45, 7) is 2.68. The van der Waals surface area contributed by atoms with Gasteiger partial charge in [-0.3, -0.25) is 19.5 Å². The lowest BCUT2D eigenvalue weighted by atomic mass is 9.98. The van der Waals surface area contributed by atoms with Gasteiger partial charge in [0.05, 0.1) is 29.7 Å². The van der Waals surface area contributed by atoms with Gasteiger partial charge in [0.1, 0.15) is 0 Å². The summed E-state index contributed by atoms with van der Waals surface area (Å²) >= 11 is 0. The molecule has 2 amide bonds. The molecule has 0 bridgehead atoms. The third-order valence-electron chi connectivity index (χ3n) is 6.63. The van der Waals surface area contributed by atoms with E-state index >= 15 is 0 Å². The number of tetrazole rings is 1. The number of aromatic nitrogens is 6. The highest BCUT2D eigenvalue weighted by atomic mass is 16.5. The number of benzene rings is 4. The Morgan fingerprint density at radius 2 is 1.61 bits per heavy atom. The number of ether oxygens (including phenoxy) is 1. The molecule has 10 heteroatoms. The van der Waals surface area contributed by atoms with Gasteiger partial charge in [0, 0.05) is 11.1 Å². The predicted octanol–water partition coefficient (Wildman–Crippen LogP) is 4.90. The minimum atomic E-state index is -0.512. The van der Waals surface area contributed by atoms with E-state index in [9.17, 15) is 9.59 Å².